The number of esters is 1. The molecule has 1 N–H and O–H groups in total. The van der Waals surface area contributed by atoms with Crippen molar-refractivity contribution in [3.63, 3.8) is 0 Å². The molecule has 2 saturated heterocycles. The third-order valence-electron chi connectivity index (χ3n) is 11.2. The molecule has 9 atom stereocenters. The van der Waals surface area contributed by atoms with Gasteiger partial charge in [0.1, 0.15) is 23.7 Å². The average Bonchev–Trinajstić information content (AvgIpc) is 3.76. The third kappa shape index (κ3) is 5.95. The van der Waals surface area contributed by atoms with E-state index in [4.69, 9.17) is 21.1 Å². The number of likely N-dealkylation sites (tertiary alicyclic amines) is 1. The fourth-order valence-corrected chi connectivity index (χ4v) is 8.46. The summed E-state index contributed by atoms with van der Waals surface area (Å²) in [6.45, 7) is 7.32. The van der Waals surface area contributed by atoms with Crippen molar-refractivity contribution in [3.8, 4) is 0 Å². The van der Waals surface area contributed by atoms with Gasteiger partial charge in [-0.15, -0.1) is 0 Å². The number of fused-ring (bicyclic) bond motifs is 2. The predicted octanol–water partition coefficient (Wildman–Crippen LogP) is 5.02. The van der Waals surface area contributed by atoms with Crippen LogP contribution in [0.25, 0.3) is 0 Å². The average molecular weight is 704 g/mol. The molecule has 0 radical (unpaired) electrons. The Kier molecular flexibility index (Phi) is 10.3. The fraction of sp³-hybridized carbons (Fsp3) is 0.487. The first-order chi connectivity index (χ1) is 24.0. The van der Waals surface area contributed by atoms with Crippen molar-refractivity contribution in [2.24, 2.45) is 17.8 Å². The molecule has 266 valence electrons. The zero-order chi connectivity index (χ0) is 35.9. The lowest BCUT2D eigenvalue weighted by Crippen LogP contribution is -2.59. The molecule has 0 saturated carbocycles. The summed E-state index contributed by atoms with van der Waals surface area (Å²) >= 11 is 6.78. The maximum Gasteiger partial charge on any atom is 0.313 e. The van der Waals surface area contributed by atoms with E-state index in [0.29, 0.717) is 29.1 Å². The second-order valence-corrected chi connectivity index (χ2v) is 14.4. The summed E-state index contributed by atoms with van der Waals surface area (Å²) < 4.78 is 13.0. The summed E-state index contributed by atoms with van der Waals surface area (Å²) in [5.74, 6) is -3.99. The molecule has 2 fully saturated rings. The molecule has 5 bridgehead atoms. The van der Waals surface area contributed by atoms with Crippen molar-refractivity contribution in [1.29, 1.82) is 0 Å². The number of cyclic esters (lactones) is 1. The first-order valence-electron chi connectivity index (χ1n) is 17.5. The number of nitrogens with zero attached hydrogens (tertiary/aromatic N) is 3. The van der Waals surface area contributed by atoms with E-state index in [1.807, 2.05) is 76.2 Å². The molecule has 4 aliphatic heterocycles. The summed E-state index contributed by atoms with van der Waals surface area (Å²) in [5.41, 5.74) is 0.452. The van der Waals surface area contributed by atoms with Crippen molar-refractivity contribution in [1.82, 2.24) is 9.80 Å². The quantitative estimate of drug-likeness (QED) is 0.332. The lowest BCUT2D eigenvalue weighted by Gasteiger charge is -2.40. The normalized spacial score (nSPS) is 31.9. The highest BCUT2D eigenvalue weighted by molar-refractivity contribution is 6.34. The molecule has 4 aliphatic rings. The Morgan fingerprint density at radius 3 is 2.46 bits per heavy atom. The van der Waals surface area contributed by atoms with Gasteiger partial charge in [0.05, 0.1) is 41.4 Å². The fourth-order valence-electron chi connectivity index (χ4n) is 8.14. The lowest BCUT2D eigenvalue weighted by molar-refractivity contribution is -0.164. The minimum atomic E-state index is -1.49. The molecular formula is C39H46ClN3O7. The number of para-hydroxylation sites is 1. The Labute approximate surface area is 298 Å². The van der Waals surface area contributed by atoms with Gasteiger partial charge in [0.2, 0.25) is 11.8 Å². The predicted molar refractivity (Wildman–Crippen MR) is 189 cm³/mol. The van der Waals surface area contributed by atoms with Gasteiger partial charge in [0, 0.05) is 20.0 Å². The van der Waals surface area contributed by atoms with Crippen molar-refractivity contribution >= 4 is 41.0 Å². The van der Waals surface area contributed by atoms with Crippen LogP contribution in [0.1, 0.15) is 57.3 Å². The van der Waals surface area contributed by atoms with E-state index in [2.05, 4.69) is 0 Å². The number of aryl methyl sites for hydroxylation is 1. The summed E-state index contributed by atoms with van der Waals surface area (Å²) in [5, 5.41) is 11.1. The van der Waals surface area contributed by atoms with E-state index in [1.165, 1.54) is 4.90 Å². The van der Waals surface area contributed by atoms with Crippen LogP contribution in [0, 0.1) is 24.7 Å². The SMILES string of the molecule is CC[C@H](C)[C@H](CO)N1C(=O)[C@@H]2[C@H]3C(=O)O[C@@H](c4ccccc4)[C@H](C)N(C)C(=O)CC/C=C\CN(c4c(C)cccc4Cl)C(=O)[C@@H]1[C@]21C=C[C@H]3O1. The number of hydrogen-bond acceptors (Lipinski definition) is 7. The van der Waals surface area contributed by atoms with Crippen molar-refractivity contribution in [3.05, 3.63) is 89.0 Å². The summed E-state index contributed by atoms with van der Waals surface area (Å²) in [7, 11) is 1.69. The van der Waals surface area contributed by atoms with Crippen molar-refractivity contribution in [2.45, 2.75) is 82.9 Å². The molecule has 50 heavy (non-hydrogen) atoms. The van der Waals surface area contributed by atoms with Crippen LogP contribution >= 0.6 is 11.6 Å². The van der Waals surface area contributed by atoms with E-state index >= 15 is 4.79 Å². The van der Waals surface area contributed by atoms with Crippen LogP contribution in [0.5, 0.6) is 0 Å². The standard InChI is InChI=1S/C39H46ClN3O7/c1-6-23(2)28(22-44)43-35-37(47)42(33-24(3)14-13-17-27(33)40)21-12-8-11-18-30(45)41(5)25(4)34(26-15-9-7-10-16-26)49-38(48)31-29-19-20-39(35,50-29)32(31)36(43)46/h7-10,12-17,19-20,23,25,28-29,31-32,34-35,44H,6,11,18,21-22H2,1-5H3/b12-8-/t23-,25-,28-,29+,31-,32-,34+,35+,39-/m0/s1. The largest absolute Gasteiger partial charge is 0.455 e. The van der Waals surface area contributed by atoms with E-state index in [-0.39, 0.29) is 31.4 Å². The Morgan fingerprint density at radius 2 is 1.78 bits per heavy atom. The van der Waals surface area contributed by atoms with E-state index < -0.39 is 65.6 Å². The minimum Gasteiger partial charge on any atom is -0.455 e. The van der Waals surface area contributed by atoms with Gasteiger partial charge in [0.15, 0.2) is 0 Å². The second kappa shape index (κ2) is 14.3. The molecule has 2 aromatic carbocycles. The zero-order valence-electron chi connectivity index (χ0n) is 29.2. The molecule has 11 heteroatoms. The Hall–Kier alpha value is -3.99. The zero-order valence-corrected chi connectivity index (χ0v) is 30.0. The van der Waals surface area contributed by atoms with Gasteiger partial charge in [-0.2, -0.15) is 0 Å². The van der Waals surface area contributed by atoms with Gasteiger partial charge < -0.3 is 29.3 Å². The van der Waals surface area contributed by atoms with Crippen molar-refractivity contribution in [2.75, 3.05) is 25.1 Å². The van der Waals surface area contributed by atoms with Crippen LogP contribution < -0.4 is 4.90 Å². The van der Waals surface area contributed by atoms with E-state index in [9.17, 15) is 19.5 Å². The molecule has 0 unspecified atom stereocenters. The van der Waals surface area contributed by atoms with Crippen LogP contribution in [0.15, 0.2) is 72.8 Å². The molecule has 0 aliphatic carbocycles. The van der Waals surface area contributed by atoms with E-state index in [0.717, 1.165) is 5.56 Å². The van der Waals surface area contributed by atoms with Crippen LogP contribution in [0.3, 0.4) is 0 Å². The number of rotatable bonds is 6. The molecule has 3 amide bonds. The molecule has 6 rings (SSSR count). The number of likely N-dealkylation sites (N-methyl/N-ethyl adjacent to an activating group) is 1. The van der Waals surface area contributed by atoms with Gasteiger partial charge in [-0.3, -0.25) is 19.2 Å². The third-order valence-corrected chi connectivity index (χ3v) is 11.5. The summed E-state index contributed by atoms with van der Waals surface area (Å²) in [4.78, 5) is 62.6. The molecule has 10 nitrogen and oxygen atoms in total. The maximum atomic E-state index is 15.2. The summed E-state index contributed by atoms with van der Waals surface area (Å²) in [6.07, 6.45) is 6.78. The number of allylic oxidation sites excluding steroid dienone is 1. The molecule has 4 heterocycles. The van der Waals surface area contributed by atoms with Gasteiger partial charge in [0.25, 0.3) is 5.91 Å². The maximum absolute atomic E-state index is 15.2. The molecule has 1 spiro atoms. The summed E-state index contributed by atoms with van der Waals surface area (Å²) in [6, 6.07) is 12.1. The number of aliphatic hydroxyl groups is 1. The smallest absolute Gasteiger partial charge is 0.313 e. The van der Waals surface area contributed by atoms with Gasteiger partial charge >= 0.3 is 5.97 Å². The Balaban J connectivity index is 1.52. The highest BCUT2D eigenvalue weighted by Gasteiger charge is 2.74. The number of anilines is 1. The minimum absolute atomic E-state index is 0.102. The van der Waals surface area contributed by atoms with Crippen molar-refractivity contribution < 1.29 is 33.8 Å². The first kappa shape index (κ1) is 35.8. The number of halogens is 1. The number of aliphatic hydroxyl groups excluding tert-OH is 1. The highest BCUT2D eigenvalue weighted by atomic mass is 35.5. The van der Waals surface area contributed by atoms with Gasteiger partial charge in [-0.05, 0) is 43.4 Å². The first-order valence-corrected chi connectivity index (χ1v) is 17.9. The van der Waals surface area contributed by atoms with Crippen LogP contribution in [0.2, 0.25) is 5.02 Å². The highest BCUT2D eigenvalue weighted by Crippen LogP contribution is 2.57. The molecular weight excluding hydrogens is 658 g/mol. The molecule has 2 aromatic rings. The monoisotopic (exact) mass is 703 g/mol. The second-order valence-electron chi connectivity index (χ2n) is 14.0. The topological polar surface area (TPSA) is 117 Å². The van der Waals surface area contributed by atoms with E-state index in [1.54, 1.807) is 41.1 Å². The van der Waals surface area contributed by atoms with Crippen LogP contribution in [-0.4, -0.2) is 88.6 Å². The number of hydrogen-bond donors (Lipinski definition) is 1. The molecule has 0 aromatic heterocycles. The number of benzene rings is 2. The number of ether oxygens (including phenoxy) is 2. The van der Waals surface area contributed by atoms with Gasteiger partial charge in [-0.25, -0.2) is 0 Å². The lowest BCUT2D eigenvalue weighted by atomic mass is 9.74. The number of carbonyl (C=O) groups is 4. The van der Waals surface area contributed by atoms with Crippen LogP contribution in [0.4, 0.5) is 5.69 Å². The number of carbonyl (C=O) groups excluding carboxylic acids is 4. The number of amides is 3. The van der Waals surface area contributed by atoms with Crippen LogP contribution in [-0.2, 0) is 28.7 Å². The Bertz CT molecular complexity index is 1680. The Morgan fingerprint density at radius 1 is 1.04 bits per heavy atom. The van der Waals surface area contributed by atoms with Gasteiger partial charge in [-0.1, -0.05) is 98.6 Å².